The van der Waals surface area contributed by atoms with Crippen molar-refractivity contribution in [3.8, 4) is 5.75 Å². The Labute approximate surface area is 162 Å². The Kier molecular flexibility index (Phi) is 5.20. The molecular formula is C20H22N4O2S. The highest BCUT2D eigenvalue weighted by Crippen LogP contribution is 2.33. The molecule has 1 N–H and O–H groups in total. The first-order valence-electron chi connectivity index (χ1n) is 9.09. The molecule has 6 nitrogen and oxygen atoms in total. The summed E-state index contributed by atoms with van der Waals surface area (Å²) in [5, 5.41) is 4.03. The Morgan fingerprint density at radius 3 is 3.00 bits per heavy atom. The smallest absolute Gasteiger partial charge is 0.225 e. The van der Waals surface area contributed by atoms with E-state index in [2.05, 4.69) is 15.2 Å². The van der Waals surface area contributed by atoms with Crippen LogP contribution in [-0.4, -0.2) is 36.1 Å². The molecule has 0 bridgehead atoms. The summed E-state index contributed by atoms with van der Waals surface area (Å²) in [4.78, 5) is 23.6. The van der Waals surface area contributed by atoms with Crippen LogP contribution in [0.15, 0.2) is 42.7 Å². The van der Waals surface area contributed by atoms with E-state index in [0.29, 0.717) is 13.1 Å². The second-order valence-corrected chi connectivity index (χ2v) is 7.70. The van der Waals surface area contributed by atoms with Crippen molar-refractivity contribution >= 4 is 32.6 Å². The maximum absolute atomic E-state index is 12.6. The minimum Gasteiger partial charge on any atom is -0.497 e. The lowest BCUT2D eigenvalue weighted by Crippen LogP contribution is -2.42. The molecule has 1 atom stereocenters. The number of fused-ring (bicyclic) bond motifs is 1. The number of hydrogen-bond donors (Lipinski definition) is 1. The van der Waals surface area contributed by atoms with Crippen molar-refractivity contribution in [2.45, 2.75) is 19.4 Å². The second kappa shape index (κ2) is 7.92. The number of hydrogen-bond acceptors (Lipinski definition) is 6. The van der Waals surface area contributed by atoms with Gasteiger partial charge in [-0.25, -0.2) is 4.98 Å². The van der Waals surface area contributed by atoms with Crippen molar-refractivity contribution in [1.29, 1.82) is 0 Å². The largest absolute Gasteiger partial charge is 0.497 e. The average molecular weight is 382 g/mol. The lowest BCUT2D eigenvalue weighted by atomic mass is 9.97. The second-order valence-electron chi connectivity index (χ2n) is 6.69. The lowest BCUT2D eigenvalue weighted by Gasteiger charge is -2.31. The molecule has 0 radical (unpaired) electrons. The number of carbonyl (C=O) groups excluding carboxylic acids is 1. The van der Waals surface area contributed by atoms with Gasteiger partial charge in [0, 0.05) is 32.0 Å². The lowest BCUT2D eigenvalue weighted by molar-refractivity contribution is -0.125. The Hall–Kier alpha value is -2.67. The summed E-state index contributed by atoms with van der Waals surface area (Å²) < 4.78 is 6.40. The Balaban J connectivity index is 1.42. The molecule has 1 fully saturated rings. The summed E-state index contributed by atoms with van der Waals surface area (Å²) in [6.45, 7) is 2.18. The van der Waals surface area contributed by atoms with Gasteiger partial charge in [0.1, 0.15) is 5.75 Å². The number of pyridine rings is 1. The molecule has 1 aliphatic rings. The summed E-state index contributed by atoms with van der Waals surface area (Å²) >= 11 is 1.65. The third-order valence-corrected chi connectivity index (χ3v) is 5.94. The van der Waals surface area contributed by atoms with E-state index in [-0.39, 0.29) is 11.8 Å². The number of carbonyl (C=O) groups is 1. The molecule has 2 aromatic heterocycles. The van der Waals surface area contributed by atoms with Gasteiger partial charge in [-0.2, -0.15) is 0 Å². The summed E-state index contributed by atoms with van der Waals surface area (Å²) in [5.41, 5.74) is 2.03. The molecule has 1 aromatic carbocycles. The number of anilines is 1. The van der Waals surface area contributed by atoms with Crippen LogP contribution in [-0.2, 0) is 11.3 Å². The number of nitrogens with zero attached hydrogens (tertiary/aromatic N) is 3. The minimum atomic E-state index is -0.0119. The van der Waals surface area contributed by atoms with E-state index in [1.54, 1.807) is 30.8 Å². The zero-order chi connectivity index (χ0) is 18.6. The number of aromatic nitrogens is 2. The van der Waals surface area contributed by atoms with Crippen LogP contribution in [0.4, 0.5) is 5.13 Å². The predicted molar refractivity (Wildman–Crippen MR) is 107 cm³/mol. The monoisotopic (exact) mass is 382 g/mol. The zero-order valence-electron chi connectivity index (χ0n) is 15.2. The zero-order valence-corrected chi connectivity index (χ0v) is 16.0. The summed E-state index contributed by atoms with van der Waals surface area (Å²) in [7, 11) is 1.67. The normalized spacial score (nSPS) is 17.1. The van der Waals surface area contributed by atoms with Crippen molar-refractivity contribution < 1.29 is 9.53 Å². The predicted octanol–water partition coefficient (Wildman–Crippen LogP) is 3.23. The van der Waals surface area contributed by atoms with E-state index in [9.17, 15) is 4.79 Å². The summed E-state index contributed by atoms with van der Waals surface area (Å²) in [6.07, 6.45) is 5.39. The third kappa shape index (κ3) is 4.03. The molecule has 1 amide bonds. The topological polar surface area (TPSA) is 67.3 Å². The third-order valence-electron chi connectivity index (χ3n) is 4.86. The average Bonchev–Trinajstić information content (AvgIpc) is 3.16. The van der Waals surface area contributed by atoms with Crippen LogP contribution in [0, 0.1) is 5.92 Å². The molecule has 1 unspecified atom stereocenters. The van der Waals surface area contributed by atoms with Gasteiger partial charge in [-0.1, -0.05) is 11.3 Å². The molecule has 0 saturated carbocycles. The van der Waals surface area contributed by atoms with E-state index in [4.69, 9.17) is 9.72 Å². The first-order chi connectivity index (χ1) is 13.2. The van der Waals surface area contributed by atoms with Crippen LogP contribution in [0.25, 0.3) is 10.2 Å². The molecule has 0 spiro atoms. The summed E-state index contributed by atoms with van der Waals surface area (Å²) in [5.74, 6) is 0.936. The first kappa shape index (κ1) is 17.7. The standard InChI is InChI=1S/C20H22N4O2S/c1-26-16-4-5-17-18(11-16)27-20(23-17)24-10-2-3-15(13-24)19(25)22-12-14-6-8-21-9-7-14/h4-9,11,15H,2-3,10,12-13H2,1H3,(H,22,25). The first-order valence-corrected chi connectivity index (χ1v) is 9.91. The van der Waals surface area contributed by atoms with Gasteiger partial charge in [0.15, 0.2) is 5.13 Å². The maximum atomic E-state index is 12.6. The quantitative estimate of drug-likeness (QED) is 0.734. The van der Waals surface area contributed by atoms with Crippen LogP contribution in [0.3, 0.4) is 0 Å². The number of ether oxygens (including phenoxy) is 1. The van der Waals surface area contributed by atoms with Gasteiger partial charge in [-0.05, 0) is 48.7 Å². The summed E-state index contributed by atoms with van der Waals surface area (Å²) in [6, 6.07) is 9.76. The molecule has 4 rings (SSSR count). The Morgan fingerprint density at radius 2 is 2.19 bits per heavy atom. The minimum absolute atomic E-state index is 0.0119. The van der Waals surface area contributed by atoms with Gasteiger partial charge in [-0.3, -0.25) is 9.78 Å². The molecule has 140 valence electrons. The van der Waals surface area contributed by atoms with Crippen molar-refractivity contribution in [3.05, 3.63) is 48.3 Å². The van der Waals surface area contributed by atoms with E-state index < -0.39 is 0 Å². The number of piperidine rings is 1. The van der Waals surface area contributed by atoms with Crippen molar-refractivity contribution in [1.82, 2.24) is 15.3 Å². The van der Waals surface area contributed by atoms with Crippen molar-refractivity contribution in [3.63, 3.8) is 0 Å². The fourth-order valence-electron chi connectivity index (χ4n) is 3.35. The molecule has 3 heterocycles. The SMILES string of the molecule is COc1ccc2nc(N3CCCC(C(=O)NCc4ccncc4)C3)sc2c1. The van der Waals surface area contributed by atoms with Gasteiger partial charge in [0.05, 0.1) is 23.2 Å². The fourth-order valence-corrected chi connectivity index (χ4v) is 4.38. The van der Waals surface area contributed by atoms with Gasteiger partial charge < -0.3 is 15.0 Å². The van der Waals surface area contributed by atoms with E-state index in [0.717, 1.165) is 46.0 Å². The highest BCUT2D eigenvalue weighted by Gasteiger charge is 2.27. The van der Waals surface area contributed by atoms with Crippen molar-refractivity contribution in [2.24, 2.45) is 5.92 Å². The van der Waals surface area contributed by atoms with E-state index in [1.165, 1.54) is 0 Å². The molecule has 0 aliphatic carbocycles. The van der Waals surface area contributed by atoms with E-state index >= 15 is 0 Å². The van der Waals surface area contributed by atoms with Gasteiger partial charge in [-0.15, -0.1) is 0 Å². The van der Waals surface area contributed by atoms with Crippen LogP contribution in [0.5, 0.6) is 5.75 Å². The van der Waals surface area contributed by atoms with Crippen LogP contribution in [0.2, 0.25) is 0 Å². The van der Waals surface area contributed by atoms with Gasteiger partial charge in [0.25, 0.3) is 0 Å². The number of rotatable bonds is 5. The highest BCUT2D eigenvalue weighted by atomic mass is 32.1. The number of thiazole rings is 1. The molecule has 27 heavy (non-hydrogen) atoms. The fraction of sp³-hybridized carbons (Fsp3) is 0.350. The number of nitrogens with one attached hydrogen (secondary N) is 1. The maximum Gasteiger partial charge on any atom is 0.225 e. The van der Waals surface area contributed by atoms with Crippen LogP contribution >= 0.6 is 11.3 Å². The molecule has 7 heteroatoms. The molecule has 3 aromatic rings. The number of amides is 1. The Bertz CT molecular complexity index is 928. The van der Waals surface area contributed by atoms with Gasteiger partial charge in [0.2, 0.25) is 5.91 Å². The van der Waals surface area contributed by atoms with E-state index in [1.807, 2.05) is 30.3 Å². The molecule has 1 aliphatic heterocycles. The van der Waals surface area contributed by atoms with Crippen LogP contribution < -0.4 is 15.0 Å². The molecular weight excluding hydrogens is 360 g/mol. The van der Waals surface area contributed by atoms with Gasteiger partial charge >= 0.3 is 0 Å². The highest BCUT2D eigenvalue weighted by molar-refractivity contribution is 7.22. The molecule has 1 saturated heterocycles. The van der Waals surface area contributed by atoms with Crippen LogP contribution in [0.1, 0.15) is 18.4 Å². The number of benzene rings is 1. The Morgan fingerprint density at radius 1 is 1.33 bits per heavy atom. The van der Waals surface area contributed by atoms with Crippen molar-refractivity contribution in [2.75, 3.05) is 25.1 Å². The number of methoxy groups -OCH3 is 1.